The molecule has 2 N–H and O–H groups in total. The Kier molecular flexibility index (Phi) is 5.08. The van der Waals surface area contributed by atoms with E-state index in [-0.39, 0.29) is 11.8 Å². The molecule has 1 aliphatic carbocycles. The lowest BCUT2D eigenvalue weighted by Crippen LogP contribution is -2.36. The van der Waals surface area contributed by atoms with Gasteiger partial charge < -0.3 is 10.6 Å². The predicted octanol–water partition coefficient (Wildman–Crippen LogP) is 4.06. The normalized spacial score (nSPS) is 15.1. The van der Waals surface area contributed by atoms with E-state index in [9.17, 15) is 9.59 Å². The van der Waals surface area contributed by atoms with E-state index < -0.39 is 0 Å². The quantitative estimate of drug-likeness (QED) is 0.889. The Morgan fingerprint density at radius 1 is 0.957 bits per heavy atom. The van der Waals surface area contributed by atoms with Gasteiger partial charge in [-0.25, -0.2) is 0 Å². The van der Waals surface area contributed by atoms with Crippen LogP contribution in [0.2, 0.25) is 0 Å². The van der Waals surface area contributed by atoms with Gasteiger partial charge in [0, 0.05) is 17.3 Å². The van der Waals surface area contributed by atoms with Crippen LogP contribution >= 0.6 is 11.3 Å². The molecule has 1 aromatic heterocycles. The Balaban J connectivity index is 1.58. The van der Waals surface area contributed by atoms with Gasteiger partial charge in [0.05, 0.1) is 4.88 Å². The summed E-state index contributed by atoms with van der Waals surface area (Å²) in [5.41, 5.74) is 1.32. The summed E-state index contributed by atoms with van der Waals surface area (Å²) < 4.78 is 0. The number of thiophene rings is 1. The summed E-state index contributed by atoms with van der Waals surface area (Å²) in [5.74, 6) is -0.160. The molecule has 4 nitrogen and oxygen atoms in total. The molecule has 1 fully saturated rings. The van der Waals surface area contributed by atoms with Gasteiger partial charge in [0.15, 0.2) is 0 Å². The van der Waals surface area contributed by atoms with Crippen molar-refractivity contribution in [2.75, 3.05) is 5.32 Å². The lowest BCUT2D eigenvalue weighted by molar-refractivity contribution is 0.0927. The highest BCUT2D eigenvalue weighted by Crippen LogP contribution is 2.18. The van der Waals surface area contributed by atoms with Crippen LogP contribution in [0.3, 0.4) is 0 Å². The number of rotatable bonds is 4. The molecule has 0 spiro atoms. The van der Waals surface area contributed by atoms with Gasteiger partial charge in [-0.1, -0.05) is 25.3 Å². The van der Waals surface area contributed by atoms with Crippen molar-refractivity contribution in [1.29, 1.82) is 0 Å². The molecule has 23 heavy (non-hydrogen) atoms. The molecule has 0 saturated heterocycles. The average molecular weight is 328 g/mol. The maximum atomic E-state index is 12.2. The third kappa shape index (κ3) is 4.20. The predicted molar refractivity (Wildman–Crippen MR) is 93.1 cm³/mol. The molecule has 5 heteroatoms. The Morgan fingerprint density at radius 3 is 2.35 bits per heavy atom. The Labute approximate surface area is 139 Å². The number of benzene rings is 1. The van der Waals surface area contributed by atoms with Crippen molar-refractivity contribution in [1.82, 2.24) is 5.32 Å². The van der Waals surface area contributed by atoms with Crippen molar-refractivity contribution in [2.24, 2.45) is 0 Å². The number of carbonyl (C=O) groups is 2. The Bertz CT molecular complexity index is 659. The van der Waals surface area contributed by atoms with E-state index in [0.29, 0.717) is 22.2 Å². The summed E-state index contributed by atoms with van der Waals surface area (Å²) in [6.45, 7) is 0. The smallest absolute Gasteiger partial charge is 0.265 e. The maximum Gasteiger partial charge on any atom is 0.265 e. The largest absolute Gasteiger partial charge is 0.349 e. The van der Waals surface area contributed by atoms with E-state index in [1.165, 1.54) is 30.6 Å². The molecule has 0 bridgehead atoms. The molecule has 1 aliphatic rings. The minimum absolute atomic E-state index is 0.0342. The molecule has 0 unspecified atom stereocenters. The lowest BCUT2D eigenvalue weighted by atomic mass is 9.95. The molecular weight excluding hydrogens is 308 g/mol. The third-order valence-corrected chi connectivity index (χ3v) is 4.96. The highest BCUT2D eigenvalue weighted by atomic mass is 32.1. The fourth-order valence-electron chi connectivity index (χ4n) is 2.82. The van der Waals surface area contributed by atoms with Crippen molar-refractivity contribution in [3.63, 3.8) is 0 Å². The number of anilines is 1. The van der Waals surface area contributed by atoms with E-state index in [0.717, 1.165) is 12.8 Å². The zero-order valence-corrected chi connectivity index (χ0v) is 13.7. The molecule has 2 aromatic rings. The van der Waals surface area contributed by atoms with Gasteiger partial charge in [-0.2, -0.15) is 0 Å². The summed E-state index contributed by atoms with van der Waals surface area (Å²) >= 11 is 1.40. The van der Waals surface area contributed by atoms with Crippen molar-refractivity contribution < 1.29 is 9.59 Å². The molecule has 120 valence electrons. The Morgan fingerprint density at radius 2 is 1.70 bits per heavy atom. The maximum absolute atomic E-state index is 12.2. The van der Waals surface area contributed by atoms with Crippen LogP contribution in [0, 0.1) is 0 Å². The van der Waals surface area contributed by atoms with E-state index >= 15 is 0 Å². The molecule has 0 radical (unpaired) electrons. The summed E-state index contributed by atoms with van der Waals surface area (Å²) in [4.78, 5) is 24.9. The monoisotopic (exact) mass is 328 g/mol. The average Bonchev–Trinajstić information content (AvgIpc) is 3.11. The molecule has 1 heterocycles. The van der Waals surface area contributed by atoms with Crippen LogP contribution in [0.5, 0.6) is 0 Å². The van der Waals surface area contributed by atoms with E-state index in [2.05, 4.69) is 10.6 Å². The van der Waals surface area contributed by atoms with Gasteiger partial charge in [0.1, 0.15) is 0 Å². The van der Waals surface area contributed by atoms with Crippen molar-refractivity contribution >= 4 is 28.8 Å². The van der Waals surface area contributed by atoms with Gasteiger partial charge in [0.25, 0.3) is 11.8 Å². The first-order valence-corrected chi connectivity index (χ1v) is 8.86. The van der Waals surface area contributed by atoms with Gasteiger partial charge in [-0.3, -0.25) is 9.59 Å². The summed E-state index contributed by atoms with van der Waals surface area (Å²) in [7, 11) is 0. The minimum atomic E-state index is -0.126. The van der Waals surface area contributed by atoms with E-state index in [1.807, 2.05) is 11.4 Å². The molecule has 1 saturated carbocycles. The number of hydrogen-bond acceptors (Lipinski definition) is 3. The second kappa shape index (κ2) is 7.42. The molecule has 2 amide bonds. The van der Waals surface area contributed by atoms with Crippen LogP contribution in [0.25, 0.3) is 0 Å². The zero-order valence-electron chi connectivity index (χ0n) is 12.9. The van der Waals surface area contributed by atoms with Crippen LogP contribution in [0.4, 0.5) is 5.69 Å². The molecule has 0 atom stereocenters. The first-order valence-electron chi connectivity index (χ1n) is 7.98. The standard InChI is InChI=1S/C18H20N2O2S/c21-17(19-14-5-2-1-3-6-14)13-8-10-15(11-9-13)20-18(22)16-7-4-12-23-16/h4,7-12,14H,1-3,5-6H2,(H,19,21)(H,20,22). The van der Waals surface area contributed by atoms with Crippen LogP contribution in [-0.2, 0) is 0 Å². The van der Waals surface area contributed by atoms with Crippen molar-refractivity contribution in [3.8, 4) is 0 Å². The van der Waals surface area contributed by atoms with Crippen LogP contribution in [-0.4, -0.2) is 17.9 Å². The van der Waals surface area contributed by atoms with Gasteiger partial charge >= 0.3 is 0 Å². The minimum Gasteiger partial charge on any atom is -0.349 e. The number of carbonyl (C=O) groups excluding carboxylic acids is 2. The van der Waals surface area contributed by atoms with Crippen molar-refractivity contribution in [3.05, 3.63) is 52.2 Å². The van der Waals surface area contributed by atoms with Gasteiger partial charge in [-0.05, 0) is 48.6 Å². The first-order chi connectivity index (χ1) is 11.2. The molecule has 0 aliphatic heterocycles. The fraction of sp³-hybridized carbons (Fsp3) is 0.333. The topological polar surface area (TPSA) is 58.2 Å². The van der Waals surface area contributed by atoms with Crippen LogP contribution in [0.1, 0.15) is 52.1 Å². The van der Waals surface area contributed by atoms with Crippen LogP contribution < -0.4 is 10.6 Å². The highest BCUT2D eigenvalue weighted by Gasteiger charge is 2.16. The molecule has 1 aromatic carbocycles. The number of hydrogen-bond donors (Lipinski definition) is 2. The zero-order chi connectivity index (χ0) is 16.1. The Hall–Kier alpha value is -2.14. The van der Waals surface area contributed by atoms with Crippen molar-refractivity contribution in [2.45, 2.75) is 38.1 Å². The van der Waals surface area contributed by atoms with Gasteiger partial charge in [0.2, 0.25) is 0 Å². The molecule has 3 rings (SSSR count). The number of amides is 2. The van der Waals surface area contributed by atoms with Crippen LogP contribution in [0.15, 0.2) is 41.8 Å². The number of nitrogens with one attached hydrogen (secondary N) is 2. The SMILES string of the molecule is O=C(NC1CCCCC1)c1ccc(NC(=O)c2cccs2)cc1. The fourth-order valence-corrected chi connectivity index (χ4v) is 3.44. The van der Waals surface area contributed by atoms with Gasteiger partial charge in [-0.15, -0.1) is 11.3 Å². The lowest BCUT2D eigenvalue weighted by Gasteiger charge is -2.22. The summed E-state index contributed by atoms with van der Waals surface area (Å²) in [6.07, 6.45) is 5.80. The molecular formula is C18H20N2O2S. The summed E-state index contributed by atoms with van der Waals surface area (Å²) in [6, 6.07) is 11.0. The van der Waals surface area contributed by atoms with E-state index in [4.69, 9.17) is 0 Å². The summed E-state index contributed by atoms with van der Waals surface area (Å²) in [5, 5.41) is 7.79. The second-order valence-electron chi connectivity index (χ2n) is 5.82. The third-order valence-electron chi connectivity index (χ3n) is 4.09. The second-order valence-corrected chi connectivity index (χ2v) is 6.76. The van der Waals surface area contributed by atoms with E-state index in [1.54, 1.807) is 30.3 Å². The first kappa shape index (κ1) is 15.7. The highest BCUT2D eigenvalue weighted by molar-refractivity contribution is 7.12.